The monoisotopic (exact) mass is 223 g/mol. The molecule has 86 valence electrons. The number of carbonyl (C=O) groups excluding carboxylic acids is 1. The van der Waals surface area contributed by atoms with Crippen LogP contribution in [0.15, 0.2) is 27.6 Å². The molecule has 0 saturated heterocycles. The van der Waals surface area contributed by atoms with E-state index in [4.69, 9.17) is 5.11 Å². The second-order valence-corrected chi connectivity index (χ2v) is 4.18. The molecule has 1 saturated carbocycles. The Bertz CT molecular complexity index is 427. The van der Waals surface area contributed by atoms with Gasteiger partial charge in [0.05, 0.1) is 12.2 Å². The molecule has 5 heteroatoms. The maximum Gasteiger partial charge on any atom is 0.335 e. The van der Waals surface area contributed by atoms with Crippen molar-refractivity contribution in [2.24, 2.45) is 5.41 Å². The molecule has 1 fully saturated rings. The minimum atomic E-state index is -0.481. The van der Waals surface area contributed by atoms with Crippen LogP contribution >= 0.6 is 0 Å². The van der Waals surface area contributed by atoms with Crippen molar-refractivity contribution in [3.8, 4) is 0 Å². The minimum absolute atomic E-state index is 0.0944. The largest absolute Gasteiger partial charge is 0.430 e. The Morgan fingerprint density at radius 3 is 2.75 bits per heavy atom. The molecular formula is C11H13NO4. The van der Waals surface area contributed by atoms with Gasteiger partial charge in [0, 0.05) is 18.0 Å². The topological polar surface area (TPSA) is 79.5 Å². The maximum atomic E-state index is 11.6. The fraction of sp³-hybridized carbons (Fsp3) is 0.455. The number of carbonyl (C=O) groups is 1. The zero-order valence-corrected chi connectivity index (χ0v) is 8.73. The Balaban J connectivity index is 1.93. The van der Waals surface area contributed by atoms with E-state index in [2.05, 4.69) is 9.73 Å². The van der Waals surface area contributed by atoms with Crippen LogP contribution in [0, 0.1) is 5.41 Å². The molecule has 0 aromatic carbocycles. The van der Waals surface area contributed by atoms with Crippen LogP contribution in [0.25, 0.3) is 0 Å². The minimum Gasteiger partial charge on any atom is -0.430 e. The Kier molecular flexibility index (Phi) is 2.78. The number of nitrogens with one attached hydrogen (secondary N) is 1. The van der Waals surface area contributed by atoms with E-state index < -0.39 is 5.63 Å². The summed E-state index contributed by atoms with van der Waals surface area (Å²) in [5.74, 6) is -0.288. The van der Waals surface area contributed by atoms with Crippen molar-refractivity contribution in [3.05, 3.63) is 34.4 Å². The van der Waals surface area contributed by atoms with Gasteiger partial charge in [-0.2, -0.15) is 0 Å². The lowest BCUT2D eigenvalue weighted by molar-refractivity contribution is 0.0933. The van der Waals surface area contributed by atoms with Crippen LogP contribution in [0.4, 0.5) is 0 Å². The zero-order chi connectivity index (χ0) is 11.6. The molecule has 1 aromatic heterocycles. The third-order valence-corrected chi connectivity index (χ3v) is 2.88. The lowest BCUT2D eigenvalue weighted by atomic mass is 10.1. The summed E-state index contributed by atoms with van der Waals surface area (Å²) in [6.07, 6.45) is 3.01. The zero-order valence-electron chi connectivity index (χ0n) is 8.73. The standard InChI is InChI=1S/C11H13NO4/c13-7-11(3-4-11)6-12-10(15)8-1-2-9(14)16-5-8/h1-2,5,13H,3-4,6-7H2,(H,12,15). The molecule has 16 heavy (non-hydrogen) atoms. The van der Waals surface area contributed by atoms with E-state index in [0.29, 0.717) is 12.1 Å². The van der Waals surface area contributed by atoms with Crippen LogP contribution in [0.1, 0.15) is 23.2 Å². The predicted octanol–water partition coefficient (Wildman–Crippen LogP) is 0.142. The molecule has 5 nitrogen and oxygen atoms in total. The summed E-state index contributed by atoms with van der Waals surface area (Å²) in [5.41, 5.74) is -0.287. The summed E-state index contributed by atoms with van der Waals surface area (Å²) in [4.78, 5) is 22.3. The van der Waals surface area contributed by atoms with E-state index >= 15 is 0 Å². The molecule has 1 heterocycles. The smallest absolute Gasteiger partial charge is 0.335 e. The highest BCUT2D eigenvalue weighted by Crippen LogP contribution is 2.44. The van der Waals surface area contributed by atoms with E-state index in [1.807, 2.05) is 0 Å². The van der Waals surface area contributed by atoms with Gasteiger partial charge in [0.25, 0.3) is 5.91 Å². The quantitative estimate of drug-likeness (QED) is 0.761. The summed E-state index contributed by atoms with van der Waals surface area (Å²) < 4.78 is 4.59. The first-order chi connectivity index (χ1) is 7.65. The fourth-order valence-electron chi connectivity index (χ4n) is 1.42. The first kappa shape index (κ1) is 10.9. The molecule has 2 N–H and O–H groups in total. The predicted molar refractivity (Wildman–Crippen MR) is 56.1 cm³/mol. The van der Waals surface area contributed by atoms with Crippen molar-refractivity contribution in [2.75, 3.05) is 13.2 Å². The fourth-order valence-corrected chi connectivity index (χ4v) is 1.42. The molecule has 0 radical (unpaired) electrons. The van der Waals surface area contributed by atoms with Gasteiger partial charge in [-0.1, -0.05) is 0 Å². The molecule has 0 atom stereocenters. The molecule has 0 aliphatic heterocycles. The average molecular weight is 223 g/mol. The lowest BCUT2D eigenvalue weighted by Gasteiger charge is -2.12. The number of rotatable bonds is 4. The van der Waals surface area contributed by atoms with Crippen molar-refractivity contribution in [1.29, 1.82) is 0 Å². The summed E-state index contributed by atoms with van der Waals surface area (Å²) in [5, 5.41) is 11.8. The highest BCUT2D eigenvalue weighted by molar-refractivity contribution is 5.93. The third-order valence-electron chi connectivity index (χ3n) is 2.88. The summed E-state index contributed by atoms with van der Waals surface area (Å²) >= 11 is 0. The molecule has 0 spiro atoms. The van der Waals surface area contributed by atoms with E-state index in [0.717, 1.165) is 19.1 Å². The number of hydrogen-bond donors (Lipinski definition) is 2. The van der Waals surface area contributed by atoms with Crippen LogP contribution < -0.4 is 10.9 Å². The van der Waals surface area contributed by atoms with Gasteiger partial charge in [0.15, 0.2) is 0 Å². The SMILES string of the molecule is O=C(NCC1(CO)CC1)c1ccc(=O)oc1. The van der Waals surface area contributed by atoms with Gasteiger partial charge in [-0.25, -0.2) is 4.79 Å². The van der Waals surface area contributed by atoms with Gasteiger partial charge < -0.3 is 14.8 Å². The van der Waals surface area contributed by atoms with Crippen LogP contribution in [0.5, 0.6) is 0 Å². The summed E-state index contributed by atoms with van der Waals surface area (Å²) in [7, 11) is 0. The molecule has 0 unspecified atom stereocenters. The number of amides is 1. The summed E-state index contributed by atoms with van der Waals surface area (Å²) in [6.45, 7) is 0.554. The van der Waals surface area contributed by atoms with E-state index in [1.54, 1.807) is 0 Å². The number of hydrogen-bond acceptors (Lipinski definition) is 4. The molecule has 1 aliphatic carbocycles. The molecule has 1 aliphatic rings. The Labute approximate surface area is 92.1 Å². The van der Waals surface area contributed by atoms with Crippen LogP contribution in [0.2, 0.25) is 0 Å². The van der Waals surface area contributed by atoms with Gasteiger partial charge in [0.1, 0.15) is 6.26 Å². The van der Waals surface area contributed by atoms with E-state index in [1.165, 1.54) is 12.1 Å². The average Bonchev–Trinajstić information content (AvgIpc) is 3.08. The van der Waals surface area contributed by atoms with Gasteiger partial charge in [-0.3, -0.25) is 4.79 Å². The Hall–Kier alpha value is -1.62. The highest BCUT2D eigenvalue weighted by Gasteiger charge is 2.42. The molecule has 1 amide bonds. The third kappa shape index (κ3) is 2.30. The lowest BCUT2D eigenvalue weighted by Crippen LogP contribution is -2.31. The molecule has 0 bridgehead atoms. The van der Waals surface area contributed by atoms with Crippen molar-refractivity contribution in [2.45, 2.75) is 12.8 Å². The van der Waals surface area contributed by atoms with Gasteiger partial charge in [-0.15, -0.1) is 0 Å². The van der Waals surface area contributed by atoms with Gasteiger partial charge in [-0.05, 0) is 18.9 Å². The Morgan fingerprint density at radius 2 is 2.25 bits per heavy atom. The first-order valence-corrected chi connectivity index (χ1v) is 5.13. The van der Waals surface area contributed by atoms with Crippen LogP contribution in [-0.4, -0.2) is 24.2 Å². The van der Waals surface area contributed by atoms with Crippen LogP contribution in [-0.2, 0) is 0 Å². The molecule has 1 aromatic rings. The van der Waals surface area contributed by atoms with Crippen LogP contribution in [0.3, 0.4) is 0 Å². The molecule has 2 rings (SSSR count). The normalized spacial score (nSPS) is 16.8. The second kappa shape index (κ2) is 4.09. The highest BCUT2D eigenvalue weighted by atomic mass is 16.4. The molecular weight excluding hydrogens is 210 g/mol. The van der Waals surface area contributed by atoms with Crippen molar-refractivity contribution in [1.82, 2.24) is 5.32 Å². The number of aliphatic hydroxyl groups is 1. The number of aliphatic hydroxyl groups excluding tert-OH is 1. The van der Waals surface area contributed by atoms with E-state index in [-0.39, 0.29) is 17.9 Å². The second-order valence-electron chi connectivity index (χ2n) is 4.18. The van der Waals surface area contributed by atoms with E-state index in [9.17, 15) is 9.59 Å². The first-order valence-electron chi connectivity index (χ1n) is 5.13. The Morgan fingerprint density at radius 1 is 1.50 bits per heavy atom. The van der Waals surface area contributed by atoms with Crippen molar-refractivity contribution >= 4 is 5.91 Å². The summed E-state index contributed by atoms with van der Waals surface area (Å²) in [6, 6.07) is 2.62. The van der Waals surface area contributed by atoms with Crippen molar-refractivity contribution < 1.29 is 14.3 Å². The van der Waals surface area contributed by atoms with Crippen molar-refractivity contribution in [3.63, 3.8) is 0 Å². The maximum absolute atomic E-state index is 11.6. The van der Waals surface area contributed by atoms with Gasteiger partial charge in [0.2, 0.25) is 0 Å². The van der Waals surface area contributed by atoms with Gasteiger partial charge >= 0.3 is 5.63 Å².